The Morgan fingerprint density at radius 2 is 2.29 bits per heavy atom. The second-order valence-corrected chi connectivity index (χ2v) is 5.28. The van der Waals surface area contributed by atoms with Gasteiger partial charge in [0.1, 0.15) is 5.15 Å². The summed E-state index contributed by atoms with van der Waals surface area (Å²) in [5.74, 6) is 0.572. The van der Waals surface area contributed by atoms with E-state index in [1.807, 2.05) is 12.1 Å². The van der Waals surface area contributed by atoms with E-state index in [-0.39, 0.29) is 0 Å². The van der Waals surface area contributed by atoms with Crippen LogP contribution in [0.1, 0.15) is 26.7 Å². The van der Waals surface area contributed by atoms with E-state index in [0.29, 0.717) is 23.2 Å². The van der Waals surface area contributed by atoms with Gasteiger partial charge in [-0.2, -0.15) is 0 Å². The van der Waals surface area contributed by atoms with Gasteiger partial charge in [-0.05, 0) is 30.9 Å². The zero-order valence-corrected chi connectivity index (χ0v) is 11.1. The summed E-state index contributed by atoms with van der Waals surface area (Å²) in [6, 6.07) is 4.25. The van der Waals surface area contributed by atoms with E-state index in [2.05, 4.69) is 24.1 Å². The average molecular weight is 255 g/mol. The molecule has 0 amide bonds. The second-order valence-electron chi connectivity index (χ2n) is 4.89. The van der Waals surface area contributed by atoms with Crippen LogP contribution in [0.15, 0.2) is 18.3 Å². The molecule has 94 valence electrons. The van der Waals surface area contributed by atoms with Gasteiger partial charge >= 0.3 is 0 Å². The van der Waals surface area contributed by atoms with Gasteiger partial charge in [0, 0.05) is 12.6 Å². The maximum Gasteiger partial charge on any atom is 0.129 e. The molecule has 4 heteroatoms. The molecule has 2 unspecified atom stereocenters. The number of hydrogen-bond donors (Lipinski definition) is 1. The number of anilines is 1. The average Bonchev–Trinajstić information content (AvgIpc) is 2.32. The van der Waals surface area contributed by atoms with Crippen LogP contribution in [0.5, 0.6) is 0 Å². The second kappa shape index (κ2) is 5.69. The topological polar surface area (TPSA) is 34.2 Å². The molecule has 3 nitrogen and oxygen atoms in total. The van der Waals surface area contributed by atoms with Gasteiger partial charge in [-0.1, -0.05) is 25.4 Å². The molecule has 2 atom stereocenters. The molecule has 1 saturated heterocycles. The highest BCUT2D eigenvalue weighted by molar-refractivity contribution is 6.29. The summed E-state index contributed by atoms with van der Waals surface area (Å²) in [4.78, 5) is 4.07. The first kappa shape index (κ1) is 12.7. The van der Waals surface area contributed by atoms with Crippen LogP contribution in [-0.4, -0.2) is 23.7 Å². The van der Waals surface area contributed by atoms with Crippen molar-refractivity contribution in [3.05, 3.63) is 23.5 Å². The largest absolute Gasteiger partial charge is 0.381 e. The molecule has 1 aliphatic heterocycles. The van der Waals surface area contributed by atoms with Gasteiger partial charge < -0.3 is 10.1 Å². The Balaban J connectivity index is 1.92. The van der Waals surface area contributed by atoms with Gasteiger partial charge in [0.2, 0.25) is 0 Å². The number of aromatic nitrogens is 1. The van der Waals surface area contributed by atoms with Crippen LogP contribution in [0.3, 0.4) is 0 Å². The smallest absolute Gasteiger partial charge is 0.129 e. The molecule has 1 N–H and O–H groups in total. The Bertz CT molecular complexity index is 353. The van der Waals surface area contributed by atoms with Crippen LogP contribution in [0.4, 0.5) is 5.69 Å². The molecule has 1 aromatic rings. The number of pyridine rings is 1. The Morgan fingerprint density at radius 1 is 1.47 bits per heavy atom. The van der Waals surface area contributed by atoms with E-state index in [1.54, 1.807) is 6.20 Å². The Kier molecular flexibility index (Phi) is 4.24. The minimum atomic E-state index is 0.363. The number of nitrogens with zero attached hydrogens (tertiary/aromatic N) is 1. The van der Waals surface area contributed by atoms with Crippen LogP contribution in [0.25, 0.3) is 0 Å². The number of ether oxygens (including phenoxy) is 1. The quantitative estimate of drug-likeness (QED) is 0.840. The zero-order chi connectivity index (χ0) is 12.3. The first-order valence-electron chi connectivity index (χ1n) is 6.15. The predicted octanol–water partition coefficient (Wildman–Crippen LogP) is 3.35. The summed E-state index contributed by atoms with van der Waals surface area (Å²) in [5.41, 5.74) is 1.03. The van der Waals surface area contributed by atoms with E-state index in [0.717, 1.165) is 25.1 Å². The van der Waals surface area contributed by atoms with E-state index in [1.165, 1.54) is 0 Å². The summed E-state index contributed by atoms with van der Waals surface area (Å²) >= 11 is 5.76. The van der Waals surface area contributed by atoms with Crippen molar-refractivity contribution in [2.45, 2.75) is 38.8 Å². The lowest BCUT2D eigenvalue weighted by Gasteiger charge is -2.32. The minimum Gasteiger partial charge on any atom is -0.381 e. The highest BCUT2D eigenvalue weighted by atomic mass is 35.5. The van der Waals surface area contributed by atoms with E-state index < -0.39 is 0 Å². The lowest BCUT2D eigenvalue weighted by atomic mass is 9.95. The highest BCUT2D eigenvalue weighted by Gasteiger charge is 2.24. The van der Waals surface area contributed by atoms with Gasteiger partial charge in [-0.3, -0.25) is 0 Å². The van der Waals surface area contributed by atoms with Crippen molar-refractivity contribution in [1.29, 1.82) is 0 Å². The van der Waals surface area contributed by atoms with E-state index in [9.17, 15) is 0 Å². The van der Waals surface area contributed by atoms with Crippen molar-refractivity contribution in [2.75, 3.05) is 11.9 Å². The molecule has 0 saturated carbocycles. The molecular formula is C13H19ClN2O. The summed E-state index contributed by atoms with van der Waals surface area (Å²) < 4.78 is 5.75. The molecule has 0 aromatic carbocycles. The normalized spacial score (nSPS) is 24.9. The molecule has 1 aliphatic rings. The lowest BCUT2D eigenvalue weighted by Crippen LogP contribution is -2.36. The third kappa shape index (κ3) is 3.58. The van der Waals surface area contributed by atoms with Crippen LogP contribution in [0, 0.1) is 5.92 Å². The van der Waals surface area contributed by atoms with Gasteiger partial charge in [-0.15, -0.1) is 0 Å². The van der Waals surface area contributed by atoms with Crippen LogP contribution < -0.4 is 5.32 Å². The maximum atomic E-state index is 5.76. The van der Waals surface area contributed by atoms with Gasteiger partial charge in [0.05, 0.1) is 18.0 Å². The Labute approximate surface area is 108 Å². The predicted molar refractivity (Wildman–Crippen MR) is 70.5 cm³/mol. The highest BCUT2D eigenvalue weighted by Crippen LogP contribution is 2.23. The standard InChI is InChI=1S/C13H19ClN2O/c1-9(2)12-7-10(5-6-17-12)16-11-3-4-13(14)15-8-11/h3-4,8-10,12,16H,5-7H2,1-2H3. The minimum absolute atomic E-state index is 0.363. The lowest BCUT2D eigenvalue weighted by molar-refractivity contribution is -0.0160. The van der Waals surface area contributed by atoms with Crippen molar-refractivity contribution >= 4 is 17.3 Å². The van der Waals surface area contributed by atoms with E-state index >= 15 is 0 Å². The molecule has 17 heavy (non-hydrogen) atoms. The number of halogens is 1. The summed E-state index contributed by atoms with van der Waals surface area (Å²) in [6.45, 7) is 5.25. The molecule has 0 spiro atoms. The van der Waals surface area contributed by atoms with Crippen molar-refractivity contribution in [3.63, 3.8) is 0 Å². The number of hydrogen-bond acceptors (Lipinski definition) is 3. The molecule has 2 heterocycles. The molecule has 2 rings (SSSR count). The molecule has 1 fully saturated rings. The van der Waals surface area contributed by atoms with Crippen molar-refractivity contribution in [3.8, 4) is 0 Å². The molecule has 1 aromatic heterocycles. The third-order valence-electron chi connectivity index (χ3n) is 3.16. The third-order valence-corrected chi connectivity index (χ3v) is 3.38. The SMILES string of the molecule is CC(C)C1CC(Nc2ccc(Cl)nc2)CCO1. The molecule has 0 aliphatic carbocycles. The number of rotatable bonds is 3. The molecule has 0 bridgehead atoms. The summed E-state index contributed by atoms with van der Waals surface area (Å²) in [7, 11) is 0. The van der Waals surface area contributed by atoms with Gasteiger partial charge in [-0.25, -0.2) is 4.98 Å². The van der Waals surface area contributed by atoms with Crippen LogP contribution in [-0.2, 0) is 4.74 Å². The number of nitrogens with one attached hydrogen (secondary N) is 1. The summed E-state index contributed by atoms with van der Waals surface area (Å²) in [5, 5.41) is 4.02. The Morgan fingerprint density at radius 3 is 2.94 bits per heavy atom. The fourth-order valence-electron chi connectivity index (χ4n) is 2.12. The summed E-state index contributed by atoms with van der Waals surface area (Å²) in [6.07, 6.45) is 4.25. The van der Waals surface area contributed by atoms with Gasteiger partial charge in [0.15, 0.2) is 0 Å². The maximum absolute atomic E-state index is 5.76. The molecular weight excluding hydrogens is 236 g/mol. The van der Waals surface area contributed by atoms with Crippen LogP contribution in [0.2, 0.25) is 5.15 Å². The van der Waals surface area contributed by atoms with Gasteiger partial charge in [0.25, 0.3) is 0 Å². The first-order valence-corrected chi connectivity index (χ1v) is 6.52. The van der Waals surface area contributed by atoms with E-state index in [4.69, 9.17) is 16.3 Å². The Hall–Kier alpha value is -0.800. The van der Waals surface area contributed by atoms with Crippen molar-refractivity contribution < 1.29 is 4.74 Å². The van der Waals surface area contributed by atoms with Crippen molar-refractivity contribution in [2.24, 2.45) is 5.92 Å². The fourth-order valence-corrected chi connectivity index (χ4v) is 2.23. The van der Waals surface area contributed by atoms with Crippen molar-refractivity contribution in [1.82, 2.24) is 4.98 Å². The first-order chi connectivity index (χ1) is 8.15. The van der Waals surface area contributed by atoms with Crippen LogP contribution >= 0.6 is 11.6 Å². The molecule has 0 radical (unpaired) electrons. The monoisotopic (exact) mass is 254 g/mol. The fraction of sp³-hybridized carbons (Fsp3) is 0.615. The zero-order valence-electron chi connectivity index (χ0n) is 10.3.